The van der Waals surface area contributed by atoms with Crippen LogP contribution >= 0.6 is 0 Å². The zero-order valence-corrected chi connectivity index (χ0v) is 17.3. The van der Waals surface area contributed by atoms with Gasteiger partial charge in [-0.3, -0.25) is 4.79 Å². The normalized spacial score (nSPS) is 25.0. The van der Waals surface area contributed by atoms with Crippen molar-refractivity contribution in [2.75, 3.05) is 33.7 Å². The number of hydrogen-bond donors (Lipinski definition) is 0. The number of amides is 1. The summed E-state index contributed by atoms with van der Waals surface area (Å²) in [7, 11) is -0.743. The highest BCUT2D eigenvalue weighted by molar-refractivity contribution is 7.86. The summed E-state index contributed by atoms with van der Waals surface area (Å²) in [5, 5.41) is 0. The lowest BCUT2D eigenvalue weighted by atomic mass is 9.90. The van der Waals surface area contributed by atoms with Crippen LogP contribution in [0.2, 0.25) is 0 Å². The van der Waals surface area contributed by atoms with E-state index in [1.54, 1.807) is 24.0 Å². The van der Waals surface area contributed by atoms with Gasteiger partial charge in [-0.25, -0.2) is 9.37 Å². The van der Waals surface area contributed by atoms with Gasteiger partial charge in [0, 0.05) is 39.6 Å². The van der Waals surface area contributed by atoms with Gasteiger partial charge in [-0.05, 0) is 30.5 Å². The monoisotopic (exact) mass is 422 g/mol. The quantitative estimate of drug-likeness (QED) is 0.748. The van der Waals surface area contributed by atoms with E-state index in [0.29, 0.717) is 24.3 Å². The van der Waals surface area contributed by atoms with E-state index in [4.69, 9.17) is 4.42 Å². The fourth-order valence-electron chi connectivity index (χ4n) is 4.37. The van der Waals surface area contributed by atoms with Gasteiger partial charge in [0.05, 0.1) is 11.7 Å². The predicted octanol–water partition coefficient (Wildman–Crippen LogP) is 1.67. The van der Waals surface area contributed by atoms with E-state index in [9.17, 15) is 17.6 Å². The molecule has 29 heavy (non-hydrogen) atoms. The van der Waals surface area contributed by atoms with Crippen molar-refractivity contribution < 1.29 is 22.0 Å². The molecule has 2 aliphatic rings. The van der Waals surface area contributed by atoms with Crippen molar-refractivity contribution in [3.05, 3.63) is 53.5 Å². The van der Waals surface area contributed by atoms with E-state index >= 15 is 0 Å². The minimum atomic E-state index is -3.70. The standard InChI is InChI=1S/C19H23FN4O4S/c1-12-18(28-11-21-12)19(25)23-8-14-9-24(29(26,27)22(2)3)17(16(14)10-23)13-5-4-6-15(20)7-13/h4-7,11,14,16-17H,8-10H2,1-3H3/t14-,16-,17-/m0/s1. The van der Waals surface area contributed by atoms with Crippen LogP contribution < -0.4 is 0 Å². The van der Waals surface area contributed by atoms with Crippen LogP contribution in [-0.4, -0.2) is 66.5 Å². The molecule has 0 spiro atoms. The number of carbonyl (C=O) groups is 1. The SMILES string of the molecule is Cc1ncoc1C(=O)N1C[C@H]2CN(S(=O)(=O)N(C)C)[C@@H](c3cccc(F)c3)[C@H]2C1. The number of rotatable bonds is 4. The predicted molar refractivity (Wildman–Crippen MR) is 103 cm³/mol. The number of fused-ring (bicyclic) bond motifs is 1. The summed E-state index contributed by atoms with van der Waals surface area (Å²) in [4.78, 5) is 18.5. The average molecular weight is 422 g/mol. The Bertz CT molecular complexity index is 1040. The maximum absolute atomic E-state index is 13.9. The fourth-order valence-corrected chi connectivity index (χ4v) is 5.74. The topological polar surface area (TPSA) is 87.0 Å². The van der Waals surface area contributed by atoms with Crippen molar-refractivity contribution >= 4 is 16.1 Å². The van der Waals surface area contributed by atoms with E-state index in [1.165, 1.54) is 41.2 Å². The van der Waals surface area contributed by atoms with Crippen LogP contribution in [0.25, 0.3) is 0 Å². The highest BCUT2D eigenvalue weighted by Crippen LogP contribution is 2.47. The molecule has 4 rings (SSSR count). The molecule has 0 bridgehead atoms. The number of aryl methyl sites for hydroxylation is 1. The summed E-state index contributed by atoms with van der Waals surface area (Å²) >= 11 is 0. The highest BCUT2D eigenvalue weighted by Gasteiger charge is 2.53. The third kappa shape index (κ3) is 3.34. The second-order valence-corrected chi connectivity index (χ2v) is 9.86. The van der Waals surface area contributed by atoms with Crippen molar-refractivity contribution in [1.82, 2.24) is 18.5 Å². The van der Waals surface area contributed by atoms with Gasteiger partial charge in [-0.2, -0.15) is 17.0 Å². The lowest BCUT2D eigenvalue weighted by Crippen LogP contribution is -2.42. The van der Waals surface area contributed by atoms with Crippen LogP contribution in [0, 0.1) is 24.6 Å². The van der Waals surface area contributed by atoms with E-state index in [-0.39, 0.29) is 30.0 Å². The summed E-state index contributed by atoms with van der Waals surface area (Å²) in [5.41, 5.74) is 1.11. The number of benzene rings is 1. The van der Waals surface area contributed by atoms with Crippen molar-refractivity contribution in [3.63, 3.8) is 0 Å². The van der Waals surface area contributed by atoms with Crippen molar-refractivity contribution in [2.24, 2.45) is 11.8 Å². The van der Waals surface area contributed by atoms with Gasteiger partial charge in [-0.15, -0.1) is 0 Å². The van der Waals surface area contributed by atoms with Gasteiger partial charge in [0.25, 0.3) is 16.1 Å². The molecule has 156 valence electrons. The molecule has 2 saturated heterocycles. The molecule has 0 aliphatic carbocycles. The Hall–Kier alpha value is -2.30. The van der Waals surface area contributed by atoms with Crippen LogP contribution in [0.4, 0.5) is 4.39 Å². The highest BCUT2D eigenvalue weighted by atomic mass is 32.2. The fraction of sp³-hybridized carbons (Fsp3) is 0.474. The zero-order chi connectivity index (χ0) is 20.9. The van der Waals surface area contributed by atoms with Gasteiger partial charge < -0.3 is 9.32 Å². The minimum absolute atomic E-state index is 0.0508. The first-order chi connectivity index (χ1) is 13.7. The number of likely N-dealkylation sites (tertiary alicyclic amines) is 1. The van der Waals surface area contributed by atoms with Gasteiger partial charge >= 0.3 is 0 Å². The number of carbonyl (C=O) groups excluding carboxylic acids is 1. The first-order valence-corrected chi connectivity index (χ1v) is 10.7. The van der Waals surface area contributed by atoms with Crippen LogP contribution in [0.15, 0.2) is 35.1 Å². The molecular weight excluding hydrogens is 399 g/mol. The largest absolute Gasteiger partial charge is 0.438 e. The molecule has 0 unspecified atom stereocenters. The maximum Gasteiger partial charge on any atom is 0.291 e. The maximum atomic E-state index is 13.9. The molecule has 0 radical (unpaired) electrons. The number of hydrogen-bond acceptors (Lipinski definition) is 5. The molecule has 3 heterocycles. The Kier molecular flexibility index (Phi) is 4.96. The molecule has 3 atom stereocenters. The first-order valence-electron chi connectivity index (χ1n) is 9.34. The summed E-state index contributed by atoms with van der Waals surface area (Å²) in [6.07, 6.45) is 1.24. The third-order valence-electron chi connectivity index (χ3n) is 5.80. The Morgan fingerprint density at radius 2 is 2.03 bits per heavy atom. The molecule has 2 aromatic rings. The molecule has 0 saturated carbocycles. The van der Waals surface area contributed by atoms with Crippen molar-refractivity contribution in [2.45, 2.75) is 13.0 Å². The van der Waals surface area contributed by atoms with Crippen molar-refractivity contribution in [1.29, 1.82) is 0 Å². The van der Waals surface area contributed by atoms with Crippen molar-refractivity contribution in [3.8, 4) is 0 Å². The smallest absolute Gasteiger partial charge is 0.291 e. The molecule has 1 aromatic carbocycles. The zero-order valence-electron chi connectivity index (χ0n) is 16.4. The Morgan fingerprint density at radius 3 is 2.66 bits per heavy atom. The van der Waals surface area contributed by atoms with Gasteiger partial charge in [0.15, 0.2) is 6.39 Å². The molecule has 8 nitrogen and oxygen atoms in total. The van der Waals surface area contributed by atoms with Crippen LogP contribution in [0.5, 0.6) is 0 Å². The van der Waals surface area contributed by atoms with Gasteiger partial charge in [-0.1, -0.05) is 12.1 Å². The van der Waals surface area contributed by atoms with Crippen LogP contribution in [0.1, 0.15) is 27.9 Å². The Morgan fingerprint density at radius 1 is 1.28 bits per heavy atom. The molecule has 10 heteroatoms. The molecule has 2 aliphatic heterocycles. The number of halogens is 1. The molecule has 1 amide bonds. The minimum Gasteiger partial charge on any atom is -0.438 e. The van der Waals surface area contributed by atoms with Gasteiger partial charge in [0.1, 0.15) is 5.82 Å². The van der Waals surface area contributed by atoms with E-state index < -0.39 is 22.1 Å². The molecular formula is C19H23FN4O4S. The lowest BCUT2D eigenvalue weighted by Gasteiger charge is -2.31. The van der Waals surface area contributed by atoms with Crippen LogP contribution in [-0.2, 0) is 10.2 Å². The summed E-state index contributed by atoms with van der Waals surface area (Å²) < 4.78 is 47.6. The lowest BCUT2D eigenvalue weighted by molar-refractivity contribution is 0.0740. The van der Waals surface area contributed by atoms with Crippen LogP contribution in [0.3, 0.4) is 0 Å². The average Bonchev–Trinajstić information content (AvgIpc) is 3.34. The second-order valence-electron chi connectivity index (χ2n) is 7.76. The van der Waals surface area contributed by atoms with E-state index in [2.05, 4.69) is 4.98 Å². The van der Waals surface area contributed by atoms with E-state index in [0.717, 1.165) is 0 Å². The Balaban J connectivity index is 1.67. The summed E-state index contributed by atoms with van der Waals surface area (Å²) in [6.45, 7) is 2.75. The molecule has 0 N–H and O–H groups in total. The third-order valence-corrected chi connectivity index (χ3v) is 7.69. The Labute approximate surface area is 169 Å². The number of oxazole rings is 1. The first kappa shape index (κ1) is 20.0. The summed E-state index contributed by atoms with van der Waals surface area (Å²) in [5.74, 6) is -0.667. The summed E-state index contributed by atoms with van der Waals surface area (Å²) in [6, 6.07) is 5.47. The number of nitrogens with zero attached hydrogens (tertiary/aromatic N) is 4. The second kappa shape index (κ2) is 7.19. The molecule has 1 aromatic heterocycles. The van der Waals surface area contributed by atoms with E-state index in [1.807, 2.05) is 0 Å². The molecule has 2 fully saturated rings. The van der Waals surface area contributed by atoms with Gasteiger partial charge in [0.2, 0.25) is 5.76 Å². The number of aromatic nitrogens is 1.